The highest BCUT2D eigenvalue weighted by molar-refractivity contribution is 9.10. The molecule has 0 aliphatic heterocycles. The highest BCUT2D eigenvalue weighted by Gasteiger charge is 2.04. The molecule has 0 aliphatic carbocycles. The molecular formula is C11H10BrCl2N3. The molecule has 1 aromatic heterocycles. The van der Waals surface area contributed by atoms with Crippen LogP contribution in [0.25, 0.3) is 0 Å². The molecular weight excluding hydrogens is 325 g/mol. The molecule has 0 fully saturated rings. The van der Waals surface area contributed by atoms with Crippen molar-refractivity contribution < 1.29 is 0 Å². The Kier molecular flexibility index (Phi) is 4.42. The number of halogens is 3. The fourth-order valence-electron chi connectivity index (χ4n) is 1.45. The van der Waals surface area contributed by atoms with Gasteiger partial charge in [-0.2, -0.15) is 0 Å². The fourth-order valence-corrected chi connectivity index (χ4v) is 2.38. The Morgan fingerprint density at radius 2 is 2.18 bits per heavy atom. The molecule has 3 nitrogen and oxygen atoms in total. The third-order valence-electron chi connectivity index (χ3n) is 2.28. The minimum Gasteiger partial charge on any atom is -0.248 e. The lowest BCUT2D eigenvalue weighted by molar-refractivity contribution is 0.649. The van der Waals surface area contributed by atoms with E-state index in [0.717, 1.165) is 22.2 Å². The molecule has 2 aromatic rings. The van der Waals surface area contributed by atoms with E-state index in [0.29, 0.717) is 17.4 Å². The van der Waals surface area contributed by atoms with Crippen molar-refractivity contribution in [3.63, 3.8) is 0 Å². The summed E-state index contributed by atoms with van der Waals surface area (Å²) >= 11 is 15.2. The smallest absolute Gasteiger partial charge is 0.0839 e. The van der Waals surface area contributed by atoms with Crippen molar-refractivity contribution in [3.05, 3.63) is 45.1 Å². The van der Waals surface area contributed by atoms with Gasteiger partial charge in [0.2, 0.25) is 0 Å². The molecule has 0 amide bonds. The molecule has 0 atom stereocenters. The Bertz CT molecular complexity index is 513. The summed E-state index contributed by atoms with van der Waals surface area (Å²) < 4.78 is 2.73. The lowest BCUT2D eigenvalue weighted by Gasteiger charge is -2.04. The number of aromatic nitrogens is 3. The number of nitrogens with zero attached hydrogens (tertiary/aromatic N) is 3. The standard InChI is InChI=1S/C11H10BrCl2N3/c12-9-2-1-8(11(14)5-9)6-17-7-10(3-4-13)15-16-17/h1-2,5,7H,3-4,6H2. The molecule has 0 saturated carbocycles. The minimum absolute atomic E-state index is 0.553. The summed E-state index contributed by atoms with van der Waals surface area (Å²) in [6.45, 7) is 0.612. The van der Waals surface area contributed by atoms with Crippen LogP contribution < -0.4 is 0 Å². The third-order valence-corrected chi connectivity index (χ3v) is 3.32. The van der Waals surface area contributed by atoms with Crippen LogP contribution in [-0.4, -0.2) is 20.9 Å². The molecule has 1 heterocycles. The van der Waals surface area contributed by atoms with Gasteiger partial charge in [0.05, 0.1) is 12.2 Å². The van der Waals surface area contributed by atoms with E-state index in [1.165, 1.54) is 0 Å². The van der Waals surface area contributed by atoms with Crippen LogP contribution in [0.4, 0.5) is 0 Å². The van der Waals surface area contributed by atoms with Gasteiger partial charge in [0, 0.05) is 28.0 Å². The second-order valence-electron chi connectivity index (χ2n) is 3.58. The lowest BCUT2D eigenvalue weighted by atomic mass is 10.2. The molecule has 0 N–H and O–H groups in total. The van der Waals surface area contributed by atoms with E-state index in [2.05, 4.69) is 26.2 Å². The second-order valence-corrected chi connectivity index (χ2v) is 5.28. The van der Waals surface area contributed by atoms with Crippen molar-refractivity contribution in [2.75, 3.05) is 5.88 Å². The average Bonchev–Trinajstić information content (AvgIpc) is 2.71. The number of rotatable bonds is 4. The summed E-state index contributed by atoms with van der Waals surface area (Å²) in [4.78, 5) is 0. The van der Waals surface area contributed by atoms with Gasteiger partial charge < -0.3 is 0 Å². The van der Waals surface area contributed by atoms with Gasteiger partial charge in [-0.1, -0.05) is 38.8 Å². The van der Waals surface area contributed by atoms with E-state index >= 15 is 0 Å². The molecule has 0 bridgehead atoms. The van der Waals surface area contributed by atoms with E-state index in [1.54, 1.807) is 4.68 Å². The van der Waals surface area contributed by atoms with Gasteiger partial charge in [-0.15, -0.1) is 16.7 Å². The Hall–Kier alpha value is -0.580. The van der Waals surface area contributed by atoms with Crippen LogP contribution in [0.15, 0.2) is 28.9 Å². The van der Waals surface area contributed by atoms with Crippen molar-refractivity contribution in [1.82, 2.24) is 15.0 Å². The van der Waals surface area contributed by atoms with Crippen molar-refractivity contribution in [2.45, 2.75) is 13.0 Å². The number of benzene rings is 1. The van der Waals surface area contributed by atoms with Crippen LogP contribution >= 0.6 is 39.1 Å². The van der Waals surface area contributed by atoms with E-state index in [9.17, 15) is 0 Å². The zero-order valence-electron chi connectivity index (χ0n) is 8.91. The first-order valence-corrected chi connectivity index (χ1v) is 6.78. The highest BCUT2D eigenvalue weighted by atomic mass is 79.9. The molecule has 1 aromatic carbocycles. The summed E-state index contributed by atoms with van der Waals surface area (Å²) in [5, 5.41) is 8.77. The van der Waals surface area contributed by atoms with Gasteiger partial charge in [0.15, 0.2) is 0 Å². The van der Waals surface area contributed by atoms with E-state index in [1.807, 2.05) is 24.4 Å². The first kappa shape index (κ1) is 12.9. The van der Waals surface area contributed by atoms with Gasteiger partial charge >= 0.3 is 0 Å². The van der Waals surface area contributed by atoms with Gasteiger partial charge in [0.1, 0.15) is 0 Å². The van der Waals surface area contributed by atoms with E-state index in [-0.39, 0.29) is 0 Å². The van der Waals surface area contributed by atoms with Crippen molar-refractivity contribution in [3.8, 4) is 0 Å². The molecule has 0 spiro atoms. The number of hydrogen-bond donors (Lipinski definition) is 0. The zero-order chi connectivity index (χ0) is 12.3. The molecule has 0 radical (unpaired) electrons. The van der Waals surface area contributed by atoms with Gasteiger partial charge in [-0.3, -0.25) is 0 Å². The van der Waals surface area contributed by atoms with Crippen LogP contribution in [0.5, 0.6) is 0 Å². The highest BCUT2D eigenvalue weighted by Crippen LogP contribution is 2.21. The molecule has 6 heteroatoms. The summed E-state index contributed by atoms with van der Waals surface area (Å²) in [6.07, 6.45) is 2.62. The quantitative estimate of drug-likeness (QED) is 0.801. The molecule has 0 saturated heterocycles. The third kappa shape index (κ3) is 3.44. The Morgan fingerprint density at radius 1 is 1.35 bits per heavy atom. The van der Waals surface area contributed by atoms with E-state index in [4.69, 9.17) is 23.2 Å². The normalized spacial score (nSPS) is 10.8. The largest absolute Gasteiger partial charge is 0.248 e. The SMILES string of the molecule is ClCCc1cn(Cc2ccc(Br)cc2Cl)nn1. The summed E-state index contributed by atoms with van der Waals surface area (Å²) in [6, 6.07) is 5.79. The van der Waals surface area contributed by atoms with Crippen LogP contribution in [0, 0.1) is 0 Å². The summed E-state index contributed by atoms with van der Waals surface area (Å²) in [5.41, 5.74) is 1.91. The average molecular weight is 335 g/mol. The topological polar surface area (TPSA) is 30.7 Å². The van der Waals surface area contributed by atoms with Gasteiger partial charge in [0.25, 0.3) is 0 Å². The maximum absolute atomic E-state index is 6.13. The van der Waals surface area contributed by atoms with E-state index < -0.39 is 0 Å². The summed E-state index contributed by atoms with van der Waals surface area (Å²) in [7, 11) is 0. The second kappa shape index (κ2) is 5.85. The maximum atomic E-state index is 6.13. The molecule has 17 heavy (non-hydrogen) atoms. The van der Waals surface area contributed by atoms with Gasteiger partial charge in [-0.25, -0.2) is 4.68 Å². The number of hydrogen-bond acceptors (Lipinski definition) is 2. The number of alkyl halides is 1. The van der Waals surface area contributed by atoms with Crippen LogP contribution in [0.2, 0.25) is 5.02 Å². The molecule has 2 rings (SSSR count). The predicted octanol–water partition coefficient (Wildman–Crippen LogP) is 3.52. The summed E-state index contributed by atoms with van der Waals surface area (Å²) in [5.74, 6) is 0.553. The lowest BCUT2D eigenvalue weighted by Crippen LogP contribution is -2.01. The van der Waals surface area contributed by atoms with Crippen LogP contribution in [-0.2, 0) is 13.0 Å². The fraction of sp³-hybridized carbons (Fsp3) is 0.273. The molecule has 90 valence electrons. The predicted molar refractivity (Wildman–Crippen MR) is 72.7 cm³/mol. The number of aryl methyl sites for hydroxylation is 1. The Labute approximate surface area is 118 Å². The van der Waals surface area contributed by atoms with Crippen LogP contribution in [0.3, 0.4) is 0 Å². The van der Waals surface area contributed by atoms with Gasteiger partial charge in [-0.05, 0) is 17.7 Å². The van der Waals surface area contributed by atoms with Crippen LogP contribution in [0.1, 0.15) is 11.3 Å². The molecule has 0 aliphatic rings. The zero-order valence-corrected chi connectivity index (χ0v) is 12.0. The first-order valence-electron chi connectivity index (χ1n) is 5.08. The monoisotopic (exact) mass is 333 g/mol. The van der Waals surface area contributed by atoms with Crippen molar-refractivity contribution in [1.29, 1.82) is 0 Å². The Balaban J connectivity index is 2.13. The Morgan fingerprint density at radius 3 is 2.88 bits per heavy atom. The maximum Gasteiger partial charge on any atom is 0.0839 e. The molecule has 0 unspecified atom stereocenters. The first-order chi connectivity index (χ1) is 8.19. The minimum atomic E-state index is 0.553. The van der Waals surface area contributed by atoms with Crippen molar-refractivity contribution in [2.24, 2.45) is 0 Å². The van der Waals surface area contributed by atoms with Crippen molar-refractivity contribution >= 4 is 39.1 Å².